The lowest BCUT2D eigenvalue weighted by atomic mass is 10.2. The van der Waals surface area contributed by atoms with Gasteiger partial charge in [-0.25, -0.2) is 0 Å². The maximum absolute atomic E-state index is 12.4. The first-order valence-corrected chi connectivity index (χ1v) is 7.13. The summed E-state index contributed by atoms with van der Waals surface area (Å²) < 4.78 is 0. The predicted octanol–water partition coefficient (Wildman–Crippen LogP) is 1.12. The quantitative estimate of drug-likeness (QED) is 0.893. The van der Waals surface area contributed by atoms with Gasteiger partial charge in [0.2, 0.25) is 0 Å². The van der Waals surface area contributed by atoms with E-state index in [2.05, 4.69) is 4.90 Å². The predicted molar refractivity (Wildman–Crippen MR) is 73.2 cm³/mol. The Morgan fingerprint density at radius 1 is 1.33 bits per heavy atom. The van der Waals surface area contributed by atoms with Gasteiger partial charge in [-0.05, 0) is 19.9 Å². The summed E-state index contributed by atoms with van der Waals surface area (Å²) in [5.41, 5.74) is 0.855. The highest BCUT2D eigenvalue weighted by molar-refractivity contribution is 7.12. The molecule has 1 aromatic heterocycles. The Bertz CT molecular complexity index is 423. The van der Waals surface area contributed by atoms with Crippen LogP contribution in [-0.4, -0.2) is 60.1 Å². The summed E-state index contributed by atoms with van der Waals surface area (Å²) in [7, 11) is 0. The average Bonchev–Trinajstić information content (AvgIpc) is 2.69. The largest absolute Gasteiger partial charge is 0.395 e. The maximum Gasteiger partial charge on any atom is 0.255 e. The SMILES string of the molecule is Cc1cc(C(=O)N2CCN(CCO)CC2)c(C)s1. The maximum atomic E-state index is 12.4. The second-order valence-corrected chi connectivity index (χ2v) is 6.14. The smallest absolute Gasteiger partial charge is 0.255 e. The monoisotopic (exact) mass is 268 g/mol. The van der Waals surface area contributed by atoms with Crippen molar-refractivity contribution >= 4 is 17.2 Å². The van der Waals surface area contributed by atoms with Crippen LogP contribution in [0.5, 0.6) is 0 Å². The summed E-state index contributed by atoms with van der Waals surface area (Å²) in [5.74, 6) is 0.153. The first kappa shape index (κ1) is 13.5. The summed E-state index contributed by atoms with van der Waals surface area (Å²) in [5, 5.41) is 8.89. The Kier molecular flexibility index (Phi) is 4.37. The van der Waals surface area contributed by atoms with Crippen molar-refractivity contribution in [3.63, 3.8) is 0 Å². The molecule has 0 unspecified atom stereocenters. The molecule has 0 aromatic carbocycles. The topological polar surface area (TPSA) is 43.8 Å². The first-order chi connectivity index (χ1) is 8.61. The molecule has 100 valence electrons. The molecule has 0 bridgehead atoms. The molecule has 0 aliphatic carbocycles. The number of nitrogens with zero attached hydrogens (tertiary/aromatic N) is 2. The molecule has 1 N–H and O–H groups in total. The summed E-state index contributed by atoms with van der Waals surface area (Å²) in [4.78, 5) is 18.8. The summed E-state index contributed by atoms with van der Waals surface area (Å²) in [6, 6.07) is 1.99. The van der Waals surface area contributed by atoms with E-state index >= 15 is 0 Å². The van der Waals surface area contributed by atoms with Crippen LogP contribution in [0.3, 0.4) is 0 Å². The fraction of sp³-hybridized carbons (Fsp3) is 0.615. The normalized spacial score (nSPS) is 17.2. The molecule has 1 aliphatic rings. The first-order valence-electron chi connectivity index (χ1n) is 6.31. The fourth-order valence-electron chi connectivity index (χ4n) is 2.33. The average molecular weight is 268 g/mol. The number of aliphatic hydroxyl groups is 1. The van der Waals surface area contributed by atoms with Gasteiger partial charge in [-0.1, -0.05) is 0 Å². The van der Waals surface area contributed by atoms with Gasteiger partial charge in [0.15, 0.2) is 0 Å². The zero-order valence-corrected chi connectivity index (χ0v) is 11.8. The van der Waals surface area contributed by atoms with Crippen molar-refractivity contribution < 1.29 is 9.90 Å². The molecule has 1 amide bonds. The van der Waals surface area contributed by atoms with Crippen molar-refractivity contribution in [2.75, 3.05) is 39.3 Å². The van der Waals surface area contributed by atoms with Crippen LogP contribution in [0, 0.1) is 13.8 Å². The van der Waals surface area contributed by atoms with Gasteiger partial charge in [-0.2, -0.15) is 0 Å². The molecular formula is C13H20N2O2S. The van der Waals surface area contributed by atoms with Gasteiger partial charge in [0.25, 0.3) is 5.91 Å². The van der Waals surface area contributed by atoms with E-state index in [9.17, 15) is 4.79 Å². The standard InChI is InChI=1S/C13H20N2O2S/c1-10-9-12(11(2)18-10)13(17)15-5-3-14(4-6-15)7-8-16/h9,16H,3-8H2,1-2H3. The number of hydrogen-bond acceptors (Lipinski definition) is 4. The molecular weight excluding hydrogens is 248 g/mol. The van der Waals surface area contributed by atoms with Gasteiger partial charge in [0.05, 0.1) is 12.2 Å². The number of rotatable bonds is 3. The van der Waals surface area contributed by atoms with Gasteiger partial charge in [-0.15, -0.1) is 11.3 Å². The van der Waals surface area contributed by atoms with E-state index in [1.54, 1.807) is 11.3 Å². The second-order valence-electron chi connectivity index (χ2n) is 4.68. The van der Waals surface area contributed by atoms with Gasteiger partial charge in [0, 0.05) is 42.5 Å². The summed E-state index contributed by atoms with van der Waals surface area (Å²) in [6.45, 7) is 8.17. The molecule has 2 heterocycles. The van der Waals surface area contributed by atoms with Crippen LogP contribution in [0.4, 0.5) is 0 Å². The highest BCUT2D eigenvalue weighted by atomic mass is 32.1. The van der Waals surface area contributed by atoms with Crippen LogP contribution < -0.4 is 0 Å². The third-order valence-corrected chi connectivity index (χ3v) is 4.31. The van der Waals surface area contributed by atoms with Crippen molar-refractivity contribution in [3.8, 4) is 0 Å². The van der Waals surface area contributed by atoms with Crippen LogP contribution in [0.1, 0.15) is 20.1 Å². The van der Waals surface area contributed by atoms with Crippen LogP contribution in [0.15, 0.2) is 6.07 Å². The van der Waals surface area contributed by atoms with E-state index in [4.69, 9.17) is 5.11 Å². The van der Waals surface area contributed by atoms with Crippen molar-refractivity contribution in [1.82, 2.24) is 9.80 Å². The highest BCUT2D eigenvalue weighted by Crippen LogP contribution is 2.22. The van der Waals surface area contributed by atoms with Crippen LogP contribution in [0.25, 0.3) is 0 Å². The number of thiophene rings is 1. The lowest BCUT2D eigenvalue weighted by Crippen LogP contribution is -2.49. The van der Waals surface area contributed by atoms with E-state index in [-0.39, 0.29) is 12.5 Å². The number of piperazine rings is 1. The number of carbonyl (C=O) groups excluding carboxylic acids is 1. The van der Waals surface area contributed by atoms with Crippen molar-refractivity contribution in [1.29, 1.82) is 0 Å². The van der Waals surface area contributed by atoms with Crippen LogP contribution >= 0.6 is 11.3 Å². The van der Waals surface area contributed by atoms with Crippen LogP contribution in [-0.2, 0) is 0 Å². The van der Waals surface area contributed by atoms with Gasteiger partial charge in [0.1, 0.15) is 0 Å². The molecule has 1 saturated heterocycles. The molecule has 5 heteroatoms. The third-order valence-electron chi connectivity index (χ3n) is 3.35. The molecule has 18 heavy (non-hydrogen) atoms. The molecule has 1 aromatic rings. The van der Waals surface area contributed by atoms with E-state index < -0.39 is 0 Å². The summed E-state index contributed by atoms with van der Waals surface area (Å²) in [6.07, 6.45) is 0. The molecule has 1 aliphatic heterocycles. The van der Waals surface area contributed by atoms with Gasteiger partial charge in [-0.3, -0.25) is 9.69 Å². The van der Waals surface area contributed by atoms with Crippen molar-refractivity contribution in [3.05, 3.63) is 21.4 Å². The van der Waals surface area contributed by atoms with Crippen molar-refractivity contribution in [2.45, 2.75) is 13.8 Å². The fourth-order valence-corrected chi connectivity index (χ4v) is 3.25. The molecule has 0 spiro atoms. The van der Waals surface area contributed by atoms with E-state index in [1.807, 2.05) is 24.8 Å². The Morgan fingerprint density at radius 2 is 2.00 bits per heavy atom. The molecule has 2 rings (SSSR count). The number of β-amino-alcohol motifs (C(OH)–C–C–N with tert-alkyl or cyclic N) is 1. The highest BCUT2D eigenvalue weighted by Gasteiger charge is 2.23. The Hall–Kier alpha value is -0.910. The number of carbonyl (C=O) groups is 1. The second kappa shape index (κ2) is 5.82. The Balaban J connectivity index is 1.97. The molecule has 1 fully saturated rings. The summed E-state index contributed by atoms with van der Waals surface area (Å²) >= 11 is 1.68. The molecule has 4 nitrogen and oxygen atoms in total. The lowest BCUT2D eigenvalue weighted by Gasteiger charge is -2.34. The van der Waals surface area contributed by atoms with Crippen LogP contribution in [0.2, 0.25) is 0 Å². The number of aryl methyl sites for hydroxylation is 2. The Morgan fingerprint density at radius 3 is 2.50 bits per heavy atom. The number of aliphatic hydroxyl groups excluding tert-OH is 1. The minimum Gasteiger partial charge on any atom is -0.395 e. The van der Waals surface area contributed by atoms with Gasteiger partial charge < -0.3 is 10.0 Å². The van der Waals surface area contributed by atoms with Crippen molar-refractivity contribution in [2.24, 2.45) is 0 Å². The zero-order valence-electron chi connectivity index (χ0n) is 11.0. The molecule has 0 radical (unpaired) electrons. The van der Waals surface area contributed by atoms with E-state index in [0.29, 0.717) is 6.54 Å². The van der Waals surface area contributed by atoms with Gasteiger partial charge >= 0.3 is 0 Å². The molecule has 0 saturated carbocycles. The number of amides is 1. The van der Waals surface area contributed by atoms with E-state index in [1.165, 1.54) is 4.88 Å². The minimum absolute atomic E-state index is 0.153. The molecule has 0 atom stereocenters. The Labute approximate surface area is 112 Å². The number of hydrogen-bond donors (Lipinski definition) is 1. The minimum atomic E-state index is 0.153. The zero-order chi connectivity index (χ0) is 13.1. The lowest BCUT2D eigenvalue weighted by molar-refractivity contribution is 0.0615. The van der Waals surface area contributed by atoms with E-state index in [0.717, 1.165) is 36.6 Å². The third kappa shape index (κ3) is 2.91.